The van der Waals surface area contributed by atoms with Crippen molar-refractivity contribution in [1.82, 2.24) is 10.6 Å². The number of rotatable bonds is 0. The summed E-state index contributed by atoms with van der Waals surface area (Å²) in [7, 11) is 0. The molecule has 0 saturated carbocycles. The van der Waals surface area contributed by atoms with Crippen LogP contribution in [0.2, 0.25) is 0 Å². The van der Waals surface area contributed by atoms with Crippen LogP contribution in [0.3, 0.4) is 0 Å². The first kappa shape index (κ1) is 12.8. The minimum atomic E-state index is 0. The van der Waals surface area contributed by atoms with Crippen molar-refractivity contribution in [2.45, 2.75) is 6.92 Å². The molecule has 4 heteroatoms. The molecule has 64 valence electrons. The van der Waals surface area contributed by atoms with Crippen LogP contribution >= 0.6 is 12.4 Å². The average molecular weight is 169 g/mol. The lowest BCUT2D eigenvalue weighted by Gasteiger charge is -2.11. The Labute approximate surface area is 68.6 Å². The average Bonchev–Trinajstić information content (AvgIpc) is 1.93. The van der Waals surface area contributed by atoms with Gasteiger partial charge in [-0.05, 0) is 6.92 Å². The van der Waals surface area contributed by atoms with E-state index >= 15 is 0 Å². The van der Waals surface area contributed by atoms with Crippen LogP contribution in [0.25, 0.3) is 0 Å². The molecule has 3 nitrogen and oxygen atoms in total. The summed E-state index contributed by atoms with van der Waals surface area (Å²) in [5.41, 5.74) is 0. The normalized spacial score (nSPS) is 16.2. The van der Waals surface area contributed by atoms with Gasteiger partial charge in [0, 0.05) is 32.8 Å². The molecule has 1 fully saturated rings. The van der Waals surface area contributed by atoms with Crippen molar-refractivity contribution >= 4 is 12.4 Å². The lowest BCUT2D eigenvalue weighted by molar-refractivity contribution is 0.318. The Morgan fingerprint density at radius 2 is 1.30 bits per heavy atom. The molecule has 1 rings (SSSR count). The molecule has 0 radical (unpaired) electrons. The van der Waals surface area contributed by atoms with E-state index < -0.39 is 0 Å². The fourth-order valence-corrected chi connectivity index (χ4v) is 0.604. The molecular formula is C6H17ClN2O. The number of aliphatic hydroxyl groups excluding tert-OH is 1. The number of piperazine rings is 1. The zero-order valence-corrected chi connectivity index (χ0v) is 7.21. The first-order chi connectivity index (χ1) is 4.41. The maximum atomic E-state index is 7.57. The minimum absolute atomic E-state index is 0. The second kappa shape index (κ2) is 11.9. The zero-order chi connectivity index (χ0) is 6.95. The number of aliphatic hydroxyl groups is 1. The van der Waals surface area contributed by atoms with Crippen molar-refractivity contribution in [1.29, 1.82) is 0 Å². The van der Waals surface area contributed by atoms with Crippen LogP contribution in [0, 0.1) is 0 Å². The highest BCUT2D eigenvalue weighted by Crippen LogP contribution is 1.65. The third kappa shape index (κ3) is 11.0. The van der Waals surface area contributed by atoms with Gasteiger partial charge in [-0.25, -0.2) is 0 Å². The molecule has 0 unspecified atom stereocenters. The summed E-state index contributed by atoms with van der Waals surface area (Å²) >= 11 is 0. The van der Waals surface area contributed by atoms with Gasteiger partial charge in [0.05, 0.1) is 0 Å². The fourth-order valence-electron chi connectivity index (χ4n) is 0.604. The predicted molar refractivity (Wildman–Crippen MR) is 45.7 cm³/mol. The van der Waals surface area contributed by atoms with Gasteiger partial charge in [0.2, 0.25) is 0 Å². The van der Waals surface area contributed by atoms with Gasteiger partial charge in [0.25, 0.3) is 0 Å². The number of hydrogen-bond acceptors (Lipinski definition) is 3. The van der Waals surface area contributed by atoms with Gasteiger partial charge in [0.15, 0.2) is 0 Å². The van der Waals surface area contributed by atoms with E-state index in [1.54, 1.807) is 6.92 Å². The summed E-state index contributed by atoms with van der Waals surface area (Å²) in [4.78, 5) is 0. The van der Waals surface area contributed by atoms with Crippen molar-refractivity contribution in [3.8, 4) is 0 Å². The van der Waals surface area contributed by atoms with Gasteiger partial charge in [-0.2, -0.15) is 0 Å². The highest BCUT2D eigenvalue weighted by atomic mass is 35.5. The Balaban J connectivity index is 0. The summed E-state index contributed by atoms with van der Waals surface area (Å²) in [6.45, 7) is 6.49. The first-order valence-electron chi connectivity index (χ1n) is 3.44. The smallest absolute Gasteiger partial charge is 0.0402 e. The van der Waals surface area contributed by atoms with E-state index in [2.05, 4.69) is 10.6 Å². The third-order valence-electron chi connectivity index (χ3n) is 0.957. The van der Waals surface area contributed by atoms with Gasteiger partial charge >= 0.3 is 0 Å². The molecule has 0 spiro atoms. The molecule has 1 aliphatic rings. The highest BCUT2D eigenvalue weighted by Gasteiger charge is 1.91. The summed E-state index contributed by atoms with van der Waals surface area (Å²) in [5.74, 6) is 0. The van der Waals surface area contributed by atoms with Gasteiger partial charge in [0.1, 0.15) is 0 Å². The summed E-state index contributed by atoms with van der Waals surface area (Å²) in [5, 5.41) is 14.0. The second-order valence-corrected chi connectivity index (χ2v) is 1.82. The molecule has 0 aliphatic carbocycles. The van der Waals surface area contributed by atoms with E-state index in [1.807, 2.05) is 0 Å². The van der Waals surface area contributed by atoms with Crippen LogP contribution in [-0.4, -0.2) is 37.9 Å². The van der Waals surface area contributed by atoms with Crippen LogP contribution in [0.4, 0.5) is 0 Å². The van der Waals surface area contributed by atoms with E-state index in [-0.39, 0.29) is 19.0 Å². The first-order valence-corrected chi connectivity index (χ1v) is 3.44. The molecular weight excluding hydrogens is 152 g/mol. The zero-order valence-electron chi connectivity index (χ0n) is 6.39. The Bertz CT molecular complexity index is 39.5. The summed E-state index contributed by atoms with van der Waals surface area (Å²) in [6.07, 6.45) is 0. The maximum absolute atomic E-state index is 7.57. The van der Waals surface area contributed by atoms with Gasteiger partial charge in [-0.15, -0.1) is 12.4 Å². The quantitative estimate of drug-likeness (QED) is 0.461. The van der Waals surface area contributed by atoms with E-state index in [4.69, 9.17) is 5.11 Å². The highest BCUT2D eigenvalue weighted by molar-refractivity contribution is 5.85. The number of hydrogen-bond donors (Lipinski definition) is 3. The minimum Gasteiger partial charge on any atom is -0.397 e. The number of nitrogens with one attached hydrogen (secondary N) is 2. The molecule has 0 aromatic rings. The molecule has 0 aromatic carbocycles. The summed E-state index contributed by atoms with van der Waals surface area (Å²) in [6, 6.07) is 0. The Hall–Kier alpha value is 0.170. The molecule has 0 amide bonds. The monoisotopic (exact) mass is 168 g/mol. The van der Waals surface area contributed by atoms with E-state index in [9.17, 15) is 0 Å². The van der Waals surface area contributed by atoms with Crippen LogP contribution in [0.15, 0.2) is 0 Å². The Morgan fingerprint density at radius 1 is 1.10 bits per heavy atom. The summed E-state index contributed by atoms with van der Waals surface area (Å²) < 4.78 is 0. The molecule has 1 aliphatic heterocycles. The van der Waals surface area contributed by atoms with Gasteiger partial charge in [-0.1, -0.05) is 0 Å². The van der Waals surface area contributed by atoms with Gasteiger partial charge < -0.3 is 15.7 Å². The Kier molecular flexibility index (Phi) is 15.3. The molecule has 0 aromatic heterocycles. The molecule has 1 saturated heterocycles. The van der Waals surface area contributed by atoms with Gasteiger partial charge in [-0.3, -0.25) is 0 Å². The van der Waals surface area contributed by atoms with Crippen molar-refractivity contribution in [2.24, 2.45) is 0 Å². The lowest BCUT2D eigenvalue weighted by atomic mass is 10.4. The molecule has 0 bridgehead atoms. The standard InChI is InChI=1S/C4H10N2.C2H6O.ClH/c1-2-6-4-3-5-1;1-2-3;/h5-6H,1-4H2;3H,2H2,1H3;1H. The van der Waals surface area contributed by atoms with Crippen LogP contribution in [0.5, 0.6) is 0 Å². The van der Waals surface area contributed by atoms with Crippen molar-refractivity contribution in [3.63, 3.8) is 0 Å². The largest absolute Gasteiger partial charge is 0.397 e. The van der Waals surface area contributed by atoms with E-state index in [0.717, 1.165) is 26.2 Å². The van der Waals surface area contributed by atoms with E-state index in [1.165, 1.54) is 0 Å². The Morgan fingerprint density at radius 3 is 1.40 bits per heavy atom. The van der Waals surface area contributed by atoms with Crippen LogP contribution in [-0.2, 0) is 0 Å². The predicted octanol–water partition coefficient (Wildman–Crippen LogP) is -0.400. The topological polar surface area (TPSA) is 44.3 Å². The lowest BCUT2D eigenvalue weighted by Crippen LogP contribution is -2.39. The SMILES string of the molecule is C1CNCCN1.CCO.Cl. The molecule has 10 heavy (non-hydrogen) atoms. The van der Waals surface area contributed by atoms with Crippen molar-refractivity contribution in [3.05, 3.63) is 0 Å². The number of halogens is 1. The van der Waals surface area contributed by atoms with Crippen molar-refractivity contribution < 1.29 is 5.11 Å². The van der Waals surface area contributed by atoms with Crippen LogP contribution < -0.4 is 10.6 Å². The third-order valence-corrected chi connectivity index (χ3v) is 0.957. The second-order valence-electron chi connectivity index (χ2n) is 1.82. The van der Waals surface area contributed by atoms with Crippen LogP contribution in [0.1, 0.15) is 6.92 Å². The van der Waals surface area contributed by atoms with Crippen molar-refractivity contribution in [2.75, 3.05) is 32.8 Å². The van der Waals surface area contributed by atoms with E-state index in [0.29, 0.717) is 0 Å². The molecule has 0 atom stereocenters. The molecule has 3 N–H and O–H groups in total. The molecule has 1 heterocycles. The maximum Gasteiger partial charge on any atom is 0.0402 e. The fraction of sp³-hybridized carbons (Fsp3) is 1.00.